The Morgan fingerprint density at radius 1 is 1.41 bits per heavy atom. The topological polar surface area (TPSA) is 99.8 Å². The lowest BCUT2D eigenvalue weighted by molar-refractivity contribution is -0.121. The summed E-state index contributed by atoms with van der Waals surface area (Å²) >= 11 is 6.57. The van der Waals surface area contributed by atoms with Crippen LogP contribution in [0.3, 0.4) is 0 Å². The highest BCUT2D eigenvalue weighted by molar-refractivity contribution is 8.02. The van der Waals surface area contributed by atoms with Gasteiger partial charge in [-0.25, -0.2) is 8.42 Å². The van der Waals surface area contributed by atoms with Gasteiger partial charge < -0.3 is 20.3 Å². The number of thioether (sulfide) groups is 1. The average Bonchev–Trinajstić information content (AvgIpc) is 3.21. The van der Waals surface area contributed by atoms with Crippen LogP contribution in [0.15, 0.2) is 34.7 Å². The van der Waals surface area contributed by atoms with Gasteiger partial charge in [-0.15, -0.1) is 11.8 Å². The number of hydrogen-bond acceptors (Lipinski definition) is 7. The van der Waals surface area contributed by atoms with Gasteiger partial charge >= 0.3 is 0 Å². The summed E-state index contributed by atoms with van der Waals surface area (Å²) in [6.07, 6.45) is 2.55. The molecular weight excluding hydrogens is 432 g/mol. The van der Waals surface area contributed by atoms with Crippen molar-refractivity contribution in [1.29, 1.82) is 0 Å². The fourth-order valence-electron chi connectivity index (χ4n) is 2.52. The van der Waals surface area contributed by atoms with Crippen molar-refractivity contribution in [3.8, 4) is 5.75 Å². The number of carbonyl (C=O) groups excluding carboxylic acids is 1. The standard InChI is InChI=1S/C18H26N4O4S3/c1-4-8-26-15-6-5-14(10-16(15)29(24,25)21-18(27)19-3)11-17(23)20-13(2)22-7-9-28-12-22/h5-7,9-10,13H,4,8,11-12H2,1-3H3,(H,20,23)(H2,19,21,27). The molecule has 0 saturated heterocycles. The molecule has 1 aromatic carbocycles. The number of hydrogen-bond donors (Lipinski definition) is 3. The van der Waals surface area contributed by atoms with E-state index in [1.54, 1.807) is 23.9 Å². The number of ether oxygens (including phenoxy) is 1. The molecule has 11 heteroatoms. The zero-order chi connectivity index (χ0) is 21.4. The maximum absolute atomic E-state index is 12.7. The lowest BCUT2D eigenvalue weighted by Crippen LogP contribution is -2.43. The van der Waals surface area contributed by atoms with Crippen molar-refractivity contribution in [2.24, 2.45) is 0 Å². The first kappa shape index (κ1) is 23.3. The van der Waals surface area contributed by atoms with Crippen LogP contribution in [0.1, 0.15) is 25.8 Å². The van der Waals surface area contributed by atoms with E-state index >= 15 is 0 Å². The molecule has 1 heterocycles. The van der Waals surface area contributed by atoms with Gasteiger partial charge in [-0.1, -0.05) is 13.0 Å². The molecule has 1 aromatic rings. The molecule has 1 unspecified atom stereocenters. The van der Waals surface area contributed by atoms with E-state index in [4.69, 9.17) is 17.0 Å². The first-order valence-corrected chi connectivity index (χ1v) is 12.0. The fraction of sp³-hybridized carbons (Fsp3) is 0.444. The van der Waals surface area contributed by atoms with Gasteiger partial charge in [0.15, 0.2) is 5.11 Å². The molecule has 160 valence electrons. The Morgan fingerprint density at radius 3 is 2.79 bits per heavy atom. The van der Waals surface area contributed by atoms with Crippen molar-refractivity contribution in [1.82, 2.24) is 20.3 Å². The Hall–Kier alpha value is -1.98. The maximum Gasteiger partial charge on any atom is 0.267 e. The Morgan fingerprint density at radius 2 is 2.17 bits per heavy atom. The molecule has 29 heavy (non-hydrogen) atoms. The molecule has 2 rings (SSSR count). The van der Waals surface area contributed by atoms with E-state index < -0.39 is 10.0 Å². The Kier molecular flexibility index (Phi) is 8.60. The second-order valence-corrected chi connectivity index (χ2v) is 9.25. The van der Waals surface area contributed by atoms with Crippen LogP contribution in [0.4, 0.5) is 0 Å². The van der Waals surface area contributed by atoms with E-state index in [9.17, 15) is 13.2 Å². The zero-order valence-corrected chi connectivity index (χ0v) is 19.0. The number of amides is 1. The maximum atomic E-state index is 12.7. The van der Waals surface area contributed by atoms with Crippen LogP contribution in [0.25, 0.3) is 0 Å². The quantitative estimate of drug-likeness (QED) is 0.481. The van der Waals surface area contributed by atoms with Crippen molar-refractivity contribution in [2.75, 3.05) is 19.5 Å². The highest BCUT2D eigenvalue weighted by Crippen LogP contribution is 2.26. The van der Waals surface area contributed by atoms with Gasteiger partial charge in [-0.2, -0.15) is 0 Å². The number of sulfonamides is 1. The molecule has 0 fully saturated rings. The summed E-state index contributed by atoms with van der Waals surface area (Å²) in [5.41, 5.74) is 0.556. The summed E-state index contributed by atoms with van der Waals surface area (Å²) < 4.78 is 33.3. The lowest BCUT2D eigenvalue weighted by Gasteiger charge is -2.24. The van der Waals surface area contributed by atoms with Gasteiger partial charge in [0.05, 0.1) is 25.1 Å². The van der Waals surface area contributed by atoms with Crippen molar-refractivity contribution in [3.63, 3.8) is 0 Å². The summed E-state index contributed by atoms with van der Waals surface area (Å²) in [5, 5.41) is 7.43. The van der Waals surface area contributed by atoms with E-state index in [-0.39, 0.29) is 34.3 Å². The lowest BCUT2D eigenvalue weighted by atomic mass is 10.1. The third-order valence-electron chi connectivity index (χ3n) is 4.02. The molecule has 1 aliphatic heterocycles. The number of carbonyl (C=O) groups is 1. The van der Waals surface area contributed by atoms with Gasteiger partial charge in [0.25, 0.3) is 10.0 Å². The second-order valence-electron chi connectivity index (χ2n) is 6.33. The third-order valence-corrected chi connectivity index (χ3v) is 6.59. The Bertz CT molecular complexity index is 874. The molecule has 0 saturated carbocycles. The first-order valence-electron chi connectivity index (χ1n) is 9.10. The normalized spacial score (nSPS) is 14.4. The smallest absolute Gasteiger partial charge is 0.267 e. The highest BCUT2D eigenvalue weighted by Gasteiger charge is 2.22. The Labute approximate surface area is 181 Å². The van der Waals surface area contributed by atoms with Crippen molar-refractivity contribution < 1.29 is 17.9 Å². The van der Waals surface area contributed by atoms with E-state index in [2.05, 4.69) is 15.4 Å². The molecule has 0 aliphatic carbocycles. The minimum Gasteiger partial charge on any atom is -0.492 e. The largest absolute Gasteiger partial charge is 0.492 e. The number of benzene rings is 1. The molecule has 0 bridgehead atoms. The molecule has 3 N–H and O–H groups in total. The van der Waals surface area contributed by atoms with E-state index in [1.165, 1.54) is 13.1 Å². The summed E-state index contributed by atoms with van der Waals surface area (Å²) in [7, 11) is -2.43. The second kappa shape index (κ2) is 10.7. The molecule has 1 aliphatic rings. The number of nitrogens with zero attached hydrogens (tertiary/aromatic N) is 1. The number of rotatable bonds is 9. The zero-order valence-electron chi connectivity index (χ0n) is 16.6. The minimum atomic E-state index is -3.96. The summed E-state index contributed by atoms with van der Waals surface area (Å²) in [6, 6.07) is 4.70. The van der Waals surface area contributed by atoms with Gasteiger partial charge in [-0.05, 0) is 48.7 Å². The van der Waals surface area contributed by atoms with Crippen LogP contribution in [0.2, 0.25) is 0 Å². The summed E-state index contributed by atoms with van der Waals surface area (Å²) in [6.45, 7) is 4.20. The monoisotopic (exact) mass is 458 g/mol. The SMILES string of the molecule is CCCOc1ccc(CC(=O)NC(C)N2C=CSC2)cc1S(=O)(=O)NC(=S)NC. The summed E-state index contributed by atoms with van der Waals surface area (Å²) in [4.78, 5) is 14.4. The van der Waals surface area contributed by atoms with Crippen LogP contribution in [-0.2, 0) is 21.2 Å². The molecular formula is C18H26N4O4S3. The number of nitrogens with one attached hydrogen (secondary N) is 3. The third kappa shape index (κ3) is 6.79. The van der Waals surface area contributed by atoms with Crippen LogP contribution >= 0.6 is 24.0 Å². The van der Waals surface area contributed by atoms with Crippen LogP contribution in [0.5, 0.6) is 5.75 Å². The molecule has 8 nitrogen and oxygen atoms in total. The summed E-state index contributed by atoms with van der Waals surface area (Å²) in [5.74, 6) is 0.798. The van der Waals surface area contributed by atoms with Crippen molar-refractivity contribution in [3.05, 3.63) is 35.4 Å². The van der Waals surface area contributed by atoms with Gasteiger partial charge in [0.2, 0.25) is 5.91 Å². The van der Waals surface area contributed by atoms with Crippen molar-refractivity contribution >= 4 is 45.0 Å². The minimum absolute atomic E-state index is 0.0278. The molecule has 0 aromatic heterocycles. The predicted molar refractivity (Wildman–Crippen MR) is 119 cm³/mol. The van der Waals surface area contributed by atoms with Crippen LogP contribution in [-0.4, -0.2) is 50.0 Å². The van der Waals surface area contributed by atoms with Crippen LogP contribution < -0.4 is 20.1 Å². The first-order chi connectivity index (χ1) is 13.8. The molecule has 0 spiro atoms. The van der Waals surface area contributed by atoms with Gasteiger partial charge in [0.1, 0.15) is 10.6 Å². The molecule has 0 radical (unpaired) electrons. The van der Waals surface area contributed by atoms with E-state index in [1.807, 2.05) is 30.4 Å². The van der Waals surface area contributed by atoms with E-state index in [0.29, 0.717) is 12.2 Å². The highest BCUT2D eigenvalue weighted by atomic mass is 32.2. The van der Waals surface area contributed by atoms with Crippen LogP contribution in [0, 0.1) is 0 Å². The van der Waals surface area contributed by atoms with E-state index in [0.717, 1.165) is 12.3 Å². The number of thiocarbonyl (C=S) groups is 1. The molecule has 1 amide bonds. The van der Waals surface area contributed by atoms with Crippen molar-refractivity contribution in [2.45, 2.75) is 37.8 Å². The predicted octanol–water partition coefficient (Wildman–Crippen LogP) is 1.74. The van der Waals surface area contributed by atoms with Gasteiger partial charge in [-0.3, -0.25) is 9.52 Å². The Balaban J connectivity index is 2.19. The van der Waals surface area contributed by atoms with Gasteiger partial charge in [0, 0.05) is 13.2 Å². The fourth-order valence-corrected chi connectivity index (χ4v) is 4.81. The average molecular weight is 459 g/mol. The molecule has 1 atom stereocenters.